The van der Waals surface area contributed by atoms with E-state index in [1.165, 1.54) is 39.7 Å². The van der Waals surface area contributed by atoms with E-state index in [-0.39, 0.29) is 18.0 Å². The van der Waals surface area contributed by atoms with Crippen molar-refractivity contribution < 1.29 is 13.2 Å². The number of sulfonamides is 1. The predicted molar refractivity (Wildman–Crippen MR) is 106 cm³/mol. The van der Waals surface area contributed by atoms with Crippen LogP contribution >= 0.6 is 0 Å². The molecule has 0 spiro atoms. The SMILES string of the molecule is Cc1ccc2c(c1)N(S(=O)(=O)c1ccc3c(c1)n(C)c(=O)c(=O)n3C)CCO2. The van der Waals surface area contributed by atoms with Crippen LogP contribution in [0.1, 0.15) is 5.56 Å². The van der Waals surface area contributed by atoms with Gasteiger partial charge in [-0.1, -0.05) is 6.07 Å². The average molecular weight is 401 g/mol. The number of fused-ring (bicyclic) bond motifs is 2. The van der Waals surface area contributed by atoms with Gasteiger partial charge >= 0.3 is 11.1 Å². The van der Waals surface area contributed by atoms with Crippen molar-refractivity contribution in [1.29, 1.82) is 0 Å². The van der Waals surface area contributed by atoms with Crippen LogP contribution in [0.15, 0.2) is 50.9 Å². The molecule has 0 unspecified atom stereocenters. The van der Waals surface area contributed by atoms with Gasteiger partial charge in [-0.15, -0.1) is 0 Å². The summed E-state index contributed by atoms with van der Waals surface area (Å²) >= 11 is 0. The Hall–Kier alpha value is -3.07. The van der Waals surface area contributed by atoms with E-state index < -0.39 is 21.1 Å². The van der Waals surface area contributed by atoms with Crippen molar-refractivity contribution in [2.45, 2.75) is 11.8 Å². The predicted octanol–water partition coefficient (Wildman–Crippen LogP) is 1.13. The fourth-order valence-corrected chi connectivity index (χ4v) is 4.87. The first-order valence-electron chi connectivity index (χ1n) is 8.68. The number of hydrogen-bond donors (Lipinski definition) is 0. The second-order valence-electron chi connectivity index (χ2n) is 6.78. The highest BCUT2D eigenvalue weighted by molar-refractivity contribution is 7.92. The van der Waals surface area contributed by atoms with Crippen molar-refractivity contribution in [3.63, 3.8) is 0 Å². The smallest absolute Gasteiger partial charge is 0.316 e. The first-order valence-corrected chi connectivity index (χ1v) is 10.1. The standard InChI is InChI=1S/C19H19N3O5S/c1-12-4-7-17-16(10-12)22(8-9-27-17)28(25,26)13-5-6-14-15(11-13)21(3)19(24)18(23)20(14)2/h4-7,10-11H,8-9H2,1-3H3. The maximum Gasteiger partial charge on any atom is 0.316 e. The minimum atomic E-state index is -3.89. The largest absolute Gasteiger partial charge is 0.489 e. The maximum absolute atomic E-state index is 13.4. The van der Waals surface area contributed by atoms with E-state index in [4.69, 9.17) is 4.74 Å². The fraction of sp³-hybridized carbons (Fsp3) is 0.263. The van der Waals surface area contributed by atoms with Crippen LogP contribution in [0.25, 0.3) is 11.0 Å². The molecule has 1 aromatic heterocycles. The number of anilines is 1. The highest BCUT2D eigenvalue weighted by Crippen LogP contribution is 2.36. The molecular weight excluding hydrogens is 382 g/mol. The molecule has 8 nitrogen and oxygen atoms in total. The quantitative estimate of drug-likeness (QED) is 0.601. The van der Waals surface area contributed by atoms with Crippen molar-refractivity contribution in [3.05, 3.63) is 62.7 Å². The van der Waals surface area contributed by atoms with E-state index in [0.29, 0.717) is 22.5 Å². The minimum Gasteiger partial charge on any atom is -0.489 e. The molecule has 3 aromatic rings. The van der Waals surface area contributed by atoms with E-state index in [0.717, 1.165) is 5.56 Å². The van der Waals surface area contributed by atoms with Gasteiger partial charge in [0.05, 0.1) is 28.2 Å². The summed E-state index contributed by atoms with van der Waals surface area (Å²) in [5.74, 6) is 0.510. The second kappa shape index (κ2) is 6.23. The van der Waals surface area contributed by atoms with Gasteiger partial charge in [-0.25, -0.2) is 8.42 Å². The molecule has 4 rings (SSSR count). The van der Waals surface area contributed by atoms with Gasteiger partial charge in [-0.05, 0) is 42.8 Å². The number of rotatable bonds is 2. The number of aryl methyl sites for hydroxylation is 3. The van der Waals surface area contributed by atoms with Crippen LogP contribution in [0, 0.1) is 6.92 Å². The zero-order chi connectivity index (χ0) is 20.2. The number of aromatic nitrogens is 2. The Morgan fingerprint density at radius 2 is 1.61 bits per heavy atom. The Bertz CT molecular complexity index is 1340. The van der Waals surface area contributed by atoms with Crippen molar-refractivity contribution in [1.82, 2.24) is 9.13 Å². The van der Waals surface area contributed by atoms with Gasteiger partial charge in [-0.2, -0.15) is 0 Å². The normalized spacial score (nSPS) is 14.0. The molecular formula is C19H19N3O5S. The first-order chi connectivity index (χ1) is 13.2. The Balaban J connectivity index is 1.93. The molecule has 0 atom stereocenters. The van der Waals surface area contributed by atoms with Crippen molar-refractivity contribution in [2.75, 3.05) is 17.5 Å². The lowest BCUT2D eigenvalue weighted by molar-refractivity contribution is 0.315. The van der Waals surface area contributed by atoms with Gasteiger partial charge in [-0.3, -0.25) is 13.9 Å². The molecule has 0 fully saturated rings. The van der Waals surface area contributed by atoms with Crippen molar-refractivity contribution in [3.8, 4) is 5.75 Å². The molecule has 1 aliphatic heterocycles. The summed E-state index contributed by atoms with van der Waals surface area (Å²) in [6, 6.07) is 9.81. The lowest BCUT2D eigenvalue weighted by atomic mass is 10.2. The zero-order valence-corrected chi connectivity index (χ0v) is 16.5. The monoisotopic (exact) mass is 401 g/mol. The Morgan fingerprint density at radius 3 is 2.32 bits per heavy atom. The Kier molecular flexibility index (Phi) is 4.07. The van der Waals surface area contributed by atoms with Crippen LogP contribution in [0.5, 0.6) is 5.75 Å². The molecule has 0 aliphatic carbocycles. The number of benzene rings is 2. The van der Waals surface area contributed by atoms with E-state index in [1.807, 2.05) is 13.0 Å². The molecule has 0 radical (unpaired) electrons. The second-order valence-corrected chi connectivity index (χ2v) is 8.64. The zero-order valence-electron chi connectivity index (χ0n) is 15.7. The topological polar surface area (TPSA) is 90.6 Å². The molecule has 0 amide bonds. The molecule has 2 aromatic carbocycles. The van der Waals surface area contributed by atoms with E-state index in [9.17, 15) is 18.0 Å². The van der Waals surface area contributed by atoms with Gasteiger partial charge in [0, 0.05) is 14.1 Å². The summed E-state index contributed by atoms with van der Waals surface area (Å²) in [7, 11) is -0.944. The lowest BCUT2D eigenvalue weighted by Crippen LogP contribution is -2.40. The number of nitrogens with zero attached hydrogens (tertiary/aromatic N) is 3. The Morgan fingerprint density at radius 1 is 0.929 bits per heavy atom. The molecule has 146 valence electrons. The molecule has 0 N–H and O–H groups in total. The summed E-state index contributed by atoms with van der Waals surface area (Å²) in [6.07, 6.45) is 0. The highest BCUT2D eigenvalue weighted by Gasteiger charge is 2.30. The number of hydrogen-bond acceptors (Lipinski definition) is 5. The van der Waals surface area contributed by atoms with Crippen molar-refractivity contribution in [2.24, 2.45) is 14.1 Å². The van der Waals surface area contributed by atoms with E-state index in [2.05, 4.69) is 0 Å². The third-order valence-corrected chi connectivity index (χ3v) is 6.79. The van der Waals surface area contributed by atoms with Gasteiger partial charge in [0.2, 0.25) is 0 Å². The molecule has 0 bridgehead atoms. The average Bonchev–Trinajstić information content (AvgIpc) is 2.69. The van der Waals surface area contributed by atoms with Gasteiger partial charge in [0.15, 0.2) is 0 Å². The van der Waals surface area contributed by atoms with Crippen LogP contribution < -0.4 is 20.2 Å². The van der Waals surface area contributed by atoms with Gasteiger partial charge < -0.3 is 13.9 Å². The van der Waals surface area contributed by atoms with Crippen LogP contribution in [0.3, 0.4) is 0 Å². The van der Waals surface area contributed by atoms with E-state index >= 15 is 0 Å². The van der Waals surface area contributed by atoms with Crippen LogP contribution in [-0.2, 0) is 24.1 Å². The summed E-state index contributed by atoms with van der Waals surface area (Å²) in [5, 5.41) is 0. The molecule has 0 saturated heterocycles. The van der Waals surface area contributed by atoms with Crippen LogP contribution in [0.4, 0.5) is 5.69 Å². The third kappa shape index (κ3) is 2.62. The lowest BCUT2D eigenvalue weighted by Gasteiger charge is -2.30. The summed E-state index contributed by atoms with van der Waals surface area (Å²) in [6.45, 7) is 2.31. The summed E-state index contributed by atoms with van der Waals surface area (Å²) < 4.78 is 36.0. The van der Waals surface area contributed by atoms with Crippen LogP contribution in [-0.4, -0.2) is 30.7 Å². The van der Waals surface area contributed by atoms with E-state index in [1.54, 1.807) is 18.2 Å². The maximum atomic E-state index is 13.4. The molecule has 0 saturated carbocycles. The molecule has 9 heteroatoms. The molecule has 28 heavy (non-hydrogen) atoms. The third-order valence-electron chi connectivity index (χ3n) is 4.98. The number of ether oxygens (including phenoxy) is 1. The van der Waals surface area contributed by atoms with Crippen LogP contribution in [0.2, 0.25) is 0 Å². The molecule has 2 heterocycles. The highest BCUT2D eigenvalue weighted by atomic mass is 32.2. The molecule has 1 aliphatic rings. The summed E-state index contributed by atoms with van der Waals surface area (Å²) in [5.41, 5.74) is 0.872. The van der Waals surface area contributed by atoms with Gasteiger partial charge in [0.1, 0.15) is 12.4 Å². The Labute approximate surface area is 161 Å². The first kappa shape index (κ1) is 18.3. The summed E-state index contributed by atoms with van der Waals surface area (Å²) in [4.78, 5) is 24.2. The fourth-order valence-electron chi connectivity index (χ4n) is 3.40. The van der Waals surface area contributed by atoms with Crippen molar-refractivity contribution >= 4 is 26.7 Å². The van der Waals surface area contributed by atoms with Gasteiger partial charge in [0.25, 0.3) is 10.0 Å². The minimum absolute atomic E-state index is 0.0444.